The Hall–Kier alpha value is -3.52. The number of amidine groups is 1. The van der Waals surface area contributed by atoms with Crippen LogP contribution in [-0.4, -0.2) is 53.3 Å². The maximum Gasteiger partial charge on any atom is 0.553 e. The molecule has 1 aromatic carbocycles. The van der Waals surface area contributed by atoms with E-state index >= 15 is 0 Å². The van der Waals surface area contributed by atoms with Gasteiger partial charge in [-0.2, -0.15) is 0 Å². The molecule has 2 aliphatic heterocycles. The highest BCUT2D eigenvalue weighted by Crippen LogP contribution is 2.38. The molecular formula is C26H33BN6O+. The molecule has 0 aliphatic carbocycles. The Balaban J connectivity index is 1.88. The van der Waals surface area contributed by atoms with Crippen LogP contribution < -0.4 is 15.8 Å². The zero-order chi connectivity index (χ0) is 24.2. The molecule has 0 fully saturated rings. The molecule has 2 aliphatic rings. The molecule has 0 saturated carbocycles. The van der Waals surface area contributed by atoms with Gasteiger partial charge in [-0.05, 0) is 56.2 Å². The molecule has 1 aromatic heterocycles. The molecule has 1 radical (unpaired) electrons. The molecule has 2 aromatic rings. The van der Waals surface area contributed by atoms with E-state index in [4.69, 9.17) is 0 Å². The SMILES string of the molecule is CC=CN(NC)c1ccc2n1[B]N1C(=C2c2ccc(NC(C)=O)cc2)C=CC1=[N+](CC)CCC. The Labute approximate surface area is 203 Å². The molecule has 1 amide bonds. The Morgan fingerprint density at radius 2 is 1.91 bits per heavy atom. The molecule has 7 nitrogen and oxygen atoms in total. The number of anilines is 2. The smallest absolute Gasteiger partial charge is 0.329 e. The molecule has 0 saturated heterocycles. The van der Waals surface area contributed by atoms with Crippen molar-refractivity contribution in [3.63, 3.8) is 0 Å². The minimum atomic E-state index is -0.0728. The van der Waals surface area contributed by atoms with Gasteiger partial charge in [-0.15, -0.1) is 0 Å². The fourth-order valence-corrected chi connectivity index (χ4v) is 4.56. The summed E-state index contributed by atoms with van der Waals surface area (Å²) in [5, 5.41) is 4.87. The fraction of sp³-hybridized carbons (Fsp3) is 0.308. The first kappa shape index (κ1) is 23.6. The second-order valence-corrected chi connectivity index (χ2v) is 8.30. The molecule has 34 heavy (non-hydrogen) atoms. The fourth-order valence-electron chi connectivity index (χ4n) is 4.56. The van der Waals surface area contributed by atoms with Gasteiger partial charge in [0.2, 0.25) is 5.91 Å². The number of hydrazine groups is 1. The van der Waals surface area contributed by atoms with Crippen molar-refractivity contribution in [3.8, 4) is 0 Å². The average molecular weight is 456 g/mol. The van der Waals surface area contributed by atoms with E-state index in [1.807, 2.05) is 43.4 Å². The van der Waals surface area contributed by atoms with Crippen molar-refractivity contribution in [2.24, 2.45) is 0 Å². The lowest BCUT2D eigenvalue weighted by Crippen LogP contribution is -2.43. The monoisotopic (exact) mass is 456 g/mol. The van der Waals surface area contributed by atoms with Gasteiger partial charge in [-0.3, -0.25) is 19.2 Å². The van der Waals surface area contributed by atoms with Crippen LogP contribution in [0.15, 0.2) is 66.5 Å². The predicted octanol–water partition coefficient (Wildman–Crippen LogP) is 3.79. The number of rotatable bonds is 8. The van der Waals surface area contributed by atoms with Gasteiger partial charge in [0.05, 0.1) is 13.1 Å². The second-order valence-electron chi connectivity index (χ2n) is 8.30. The van der Waals surface area contributed by atoms with E-state index in [-0.39, 0.29) is 5.91 Å². The van der Waals surface area contributed by atoms with Gasteiger partial charge < -0.3 is 9.79 Å². The average Bonchev–Trinajstić information content (AvgIpc) is 3.44. The van der Waals surface area contributed by atoms with E-state index < -0.39 is 0 Å². The number of nitrogens with zero attached hydrogens (tertiary/aromatic N) is 4. The topological polar surface area (TPSA) is 55.5 Å². The Morgan fingerprint density at radius 3 is 2.53 bits per heavy atom. The quantitative estimate of drug-likeness (QED) is 0.361. The minimum absolute atomic E-state index is 0.0728. The van der Waals surface area contributed by atoms with Gasteiger partial charge in [0, 0.05) is 43.2 Å². The van der Waals surface area contributed by atoms with Crippen LogP contribution in [0.2, 0.25) is 0 Å². The highest BCUT2D eigenvalue weighted by Gasteiger charge is 2.40. The minimum Gasteiger partial charge on any atom is -0.329 e. The number of carbonyl (C=O) groups is 1. The summed E-state index contributed by atoms with van der Waals surface area (Å²) in [6.07, 6.45) is 9.53. The molecule has 0 unspecified atom stereocenters. The van der Waals surface area contributed by atoms with Crippen LogP contribution in [0.4, 0.5) is 11.5 Å². The van der Waals surface area contributed by atoms with Crippen molar-refractivity contribution in [2.75, 3.05) is 30.5 Å². The number of hydrogen-bond donors (Lipinski definition) is 2. The van der Waals surface area contributed by atoms with Crippen LogP contribution in [0.3, 0.4) is 0 Å². The first-order valence-electron chi connectivity index (χ1n) is 11.9. The molecule has 2 N–H and O–H groups in total. The molecule has 3 heterocycles. The van der Waals surface area contributed by atoms with Crippen LogP contribution in [0.1, 0.15) is 45.4 Å². The summed E-state index contributed by atoms with van der Waals surface area (Å²) in [6.45, 7) is 9.89. The first-order valence-corrected chi connectivity index (χ1v) is 11.9. The maximum atomic E-state index is 11.5. The van der Waals surface area contributed by atoms with Crippen LogP contribution in [0.25, 0.3) is 5.57 Å². The lowest BCUT2D eigenvalue weighted by Gasteiger charge is -2.28. The number of carbonyl (C=O) groups excluding carboxylic acids is 1. The molecule has 175 valence electrons. The normalized spacial score (nSPS) is 16.0. The summed E-state index contributed by atoms with van der Waals surface area (Å²) in [4.78, 5) is 13.8. The Morgan fingerprint density at radius 1 is 1.15 bits per heavy atom. The van der Waals surface area contributed by atoms with Crippen molar-refractivity contribution in [2.45, 2.75) is 34.1 Å². The third-order valence-electron chi connectivity index (χ3n) is 6.02. The van der Waals surface area contributed by atoms with Crippen molar-refractivity contribution < 1.29 is 9.37 Å². The van der Waals surface area contributed by atoms with Crippen molar-refractivity contribution >= 4 is 36.4 Å². The zero-order valence-electron chi connectivity index (χ0n) is 20.7. The van der Waals surface area contributed by atoms with Crippen LogP contribution in [0, 0.1) is 0 Å². The van der Waals surface area contributed by atoms with Gasteiger partial charge in [0.1, 0.15) is 11.5 Å². The van der Waals surface area contributed by atoms with Crippen LogP contribution >= 0.6 is 0 Å². The standard InChI is InChI=1S/C26H32BN6O/c1-6-17-30(8-3)24-15-13-22-26(20-9-11-21(12-10-20)29-19(4)34)23-14-16-25(31(28-5)18-7-2)33(23)27-32(22)24/h7,9-16,18,28H,6,8,17H2,1-5H3/p+1. The number of nitrogens with one attached hydrogen (secondary N) is 2. The largest absolute Gasteiger partial charge is 0.553 e. The molecule has 0 spiro atoms. The number of amides is 1. The van der Waals surface area contributed by atoms with Crippen LogP contribution in [-0.2, 0) is 4.79 Å². The molecule has 0 bridgehead atoms. The first-order chi connectivity index (χ1) is 16.5. The summed E-state index contributed by atoms with van der Waals surface area (Å²) in [5.74, 6) is 2.13. The second kappa shape index (κ2) is 10.2. The van der Waals surface area contributed by atoms with Gasteiger partial charge in [-0.1, -0.05) is 25.1 Å². The summed E-state index contributed by atoms with van der Waals surface area (Å²) in [7, 11) is 4.09. The third-order valence-corrected chi connectivity index (χ3v) is 6.02. The zero-order valence-corrected chi connectivity index (χ0v) is 20.7. The van der Waals surface area contributed by atoms with E-state index in [0.717, 1.165) is 53.5 Å². The summed E-state index contributed by atoms with van der Waals surface area (Å²) < 4.78 is 4.64. The Kier molecular flexibility index (Phi) is 7.07. The number of aromatic nitrogens is 1. The van der Waals surface area contributed by atoms with Crippen molar-refractivity contribution in [1.29, 1.82) is 0 Å². The molecule has 0 atom stereocenters. The van der Waals surface area contributed by atoms with E-state index in [0.29, 0.717) is 0 Å². The van der Waals surface area contributed by atoms with Crippen molar-refractivity contribution in [1.82, 2.24) is 14.7 Å². The van der Waals surface area contributed by atoms with E-state index in [1.54, 1.807) is 0 Å². The highest BCUT2D eigenvalue weighted by atomic mass is 16.1. The van der Waals surface area contributed by atoms with E-state index in [1.165, 1.54) is 12.8 Å². The number of hydrogen-bond acceptors (Lipinski definition) is 3. The molecule has 4 rings (SSSR count). The number of allylic oxidation sites excluding steroid dienone is 2. The van der Waals surface area contributed by atoms with E-state index in [2.05, 4.69) is 82.4 Å². The third kappa shape index (κ3) is 4.33. The van der Waals surface area contributed by atoms with E-state index in [9.17, 15) is 4.79 Å². The van der Waals surface area contributed by atoms with Gasteiger partial charge in [0.25, 0.3) is 5.84 Å². The number of fused-ring (bicyclic) bond motifs is 2. The summed E-state index contributed by atoms with van der Waals surface area (Å²) in [6, 6.07) is 12.4. The van der Waals surface area contributed by atoms with Gasteiger partial charge in [-0.25, -0.2) is 5.43 Å². The summed E-state index contributed by atoms with van der Waals surface area (Å²) in [5.41, 5.74) is 8.56. The molecule has 8 heteroatoms. The molecular weight excluding hydrogens is 423 g/mol. The van der Waals surface area contributed by atoms with Gasteiger partial charge >= 0.3 is 7.55 Å². The maximum absolute atomic E-state index is 11.5. The lowest BCUT2D eigenvalue weighted by molar-refractivity contribution is -0.526. The lowest BCUT2D eigenvalue weighted by atomic mass is 9.91. The predicted molar refractivity (Wildman–Crippen MR) is 141 cm³/mol. The summed E-state index contributed by atoms with van der Waals surface area (Å²) >= 11 is 0. The van der Waals surface area contributed by atoms with Gasteiger partial charge in [0.15, 0.2) is 0 Å². The Bertz CT molecular complexity index is 1190. The number of benzene rings is 1. The van der Waals surface area contributed by atoms with Crippen molar-refractivity contribution in [3.05, 3.63) is 77.8 Å². The highest BCUT2D eigenvalue weighted by molar-refractivity contribution is 6.41. The van der Waals surface area contributed by atoms with Crippen LogP contribution in [0.5, 0.6) is 0 Å².